The number of nitrogens with zero attached hydrogens (tertiary/aromatic N) is 4. The molecule has 7 nitrogen and oxygen atoms in total. The number of fused-ring (bicyclic) bond motifs is 2. The van der Waals surface area contributed by atoms with Gasteiger partial charge in [0.05, 0.1) is 11.0 Å². The third kappa shape index (κ3) is 3.38. The molecule has 3 aromatic rings. The lowest BCUT2D eigenvalue weighted by atomic mass is 10.1. The zero-order valence-corrected chi connectivity index (χ0v) is 15.8. The Bertz CT molecular complexity index is 1050. The fourth-order valence-corrected chi connectivity index (χ4v) is 3.13. The number of aromatic nitrogens is 2. The maximum absolute atomic E-state index is 12.8. The van der Waals surface area contributed by atoms with Crippen molar-refractivity contribution in [2.24, 2.45) is 0 Å². The molecule has 1 aliphatic heterocycles. The molecule has 0 unspecified atom stereocenters. The third-order valence-electron chi connectivity index (χ3n) is 4.73. The molecule has 1 aromatic heterocycles. The Kier molecular flexibility index (Phi) is 4.65. The van der Waals surface area contributed by atoms with Crippen molar-refractivity contribution in [1.82, 2.24) is 9.97 Å². The van der Waals surface area contributed by atoms with Crippen molar-refractivity contribution in [3.05, 3.63) is 54.1 Å². The maximum Gasteiger partial charge on any atom is 0.266 e. The van der Waals surface area contributed by atoms with E-state index in [1.807, 2.05) is 36.2 Å². The van der Waals surface area contributed by atoms with Crippen LogP contribution >= 0.6 is 0 Å². The lowest BCUT2D eigenvalue weighted by Crippen LogP contribution is -2.45. The molecule has 0 radical (unpaired) electrons. The first-order valence-electron chi connectivity index (χ1n) is 9.05. The van der Waals surface area contributed by atoms with Crippen LogP contribution < -0.4 is 14.5 Å². The van der Waals surface area contributed by atoms with Crippen molar-refractivity contribution in [3.8, 4) is 5.75 Å². The van der Waals surface area contributed by atoms with Crippen LogP contribution in [0.2, 0.25) is 0 Å². The van der Waals surface area contributed by atoms with Gasteiger partial charge in [0.2, 0.25) is 0 Å². The maximum atomic E-state index is 12.8. The summed E-state index contributed by atoms with van der Waals surface area (Å²) in [6.45, 7) is 2.58. The number of carbonyl (C=O) groups is 2. The van der Waals surface area contributed by atoms with Crippen LogP contribution in [0.3, 0.4) is 0 Å². The van der Waals surface area contributed by atoms with Gasteiger partial charge in [0.1, 0.15) is 5.75 Å². The molecule has 0 spiro atoms. The minimum absolute atomic E-state index is 0.0116. The Labute approximate surface area is 162 Å². The molecular formula is C21H20N4O3. The average Bonchev–Trinajstić information content (AvgIpc) is 2.71. The van der Waals surface area contributed by atoms with Gasteiger partial charge >= 0.3 is 0 Å². The van der Waals surface area contributed by atoms with Crippen molar-refractivity contribution in [1.29, 1.82) is 0 Å². The number of carbonyl (C=O) groups excluding carboxylic acids is 2. The first-order chi connectivity index (χ1) is 13.5. The highest BCUT2D eigenvalue weighted by Crippen LogP contribution is 2.30. The summed E-state index contributed by atoms with van der Waals surface area (Å²) in [6, 6.07) is 14.4. The van der Waals surface area contributed by atoms with Crippen molar-refractivity contribution in [3.63, 3.8) is 0 Å². The summed E-state index contributed by atoms with van der Waals surface area (Å²) in [5.74, 6) is 1.58. The molecule has 0 atom stereocenters. The number of benzene rings is 2. The third-order valence-corrected chi connectivity index (χ3v) is 4.73. The summed E-state index contributed by atoms with van der Waals surface area (Å²) in [7, 11) is 1.94. The Hall–Kier alpha value is -3.48. The Morgan fingerprint density at radius 3 is 2.25 bits per heavy atom. The van der Waals surface area contributed by atoms with Crippen molar-refractivity contribution in [2.45, 2.75) is 6.92 Å². The standard InChI is InChI=1S/C21H20N4O3/c1-14(26)15-7-9-16(10-8-15)28-13-19(27)25-12-11-24(2)20-21(25)23-18-6-4-3-5-17(18)22-20/h3-10H,11-13H2,1-2H3. The van der Waals surface area contributed by atoms with Gasteiger partial charge in [0.15, 0.2) is 24.0 Å². The predicted octanol–water partition coefficient (Wildman–Crippen LogP) is 2.69. The summed E-state index contributed by atoms with van der Waals surface area (Å²) in [4.78, 5) is 37.1. The number of hydrogen-bond donors (Lipinski definition) is 0. The van der Waals surface area contributed by atoms with Crippen LogP contribution in [0, 0.1) is 0 Å². The molecule has 4 rings (SSSR count). The minimum Gasteiger partial charge on any atom is -0.484 e. The normalized spacial score (nSPS) is 13.4. The molecule has 7 heteroatoms. The van der Waals surface area contributed by atoms with E-state index in [4.69, 9.17) is 4.74 Å². The topological polar surface area (TPSA) is 75.6 Å². The smallest absolute Gasteiger partial charge is 0.266 e. The molecule has 0 saturated carbocycles. The average molecular weight is 376 g/mol. The molecule has 142 valence electrons. The lowest BCUT2D eigenvalue weighted by Gasteiger charge is -2.33. The zero-order chi connectivity index (χ0) is 19.7. The molecule has 0 saturated heterocycles. The molecule has 28 heavy (non-hydrogen) atoms. The number of ether oxygens (including phenoxy) is 1. The van der Waals surface area contributed by atoms with E-state index >= 15 is 0 Å². The fraction of sp³-hybridized carbons (Fsp3) is 0.238. The number of Topliss-reactive ketones (excluding diaryl/α,β-unsaturated/α-hetero) is 1. The second kappa shape index (κ2) is 7.26. The van der Waals surface area contributed by atoms with Gasteiger partial charge in [-0.05, 0) is 43.3 Å². The fourth-order valence-electron chi connectivity index (χ4n) is 3.13. The monoisotopic (exact) mass is 376 g/mol. The highest BCUT2D eigenvalue weighted by molar-refractivity contribution is 5.98. The van der Waals surface area contributed by atoms with Crippen LogP contribution in [0.5, 0.6) is 5.75 Å². The number of amides is 1. The van der Waals surface area contributed by atoms with E-state index in [0.717, 1.165) is 11.0 Å². The van der Waals surface area contributed by atoms with Crippen LogP contribution in [0.15, 0.2) is 48.5 Å². The summed E-state index contributed by atoms with van der Waals surface area (Å²) in [6.07, 6.45) is 0. The molecule has 0 aliphatic carbocycles. The van der Waals surface area contributed by atoms with Gasteiger partial charge in [0, 0.05) is 25.7 Å². The number of anilines is 2. The van der Waals surface area contributed by atoms with Crippen LogP contribution in [0.1, 0.15) is 17.3 Å². The number of ketones is 1. The SMILES string of the molecule is CC(=O)c1ccc(OCC(=O)N2CCN(C)c3nc4ccccc4nc32)cc1. The predicted molar refractivity (Wildman–Crippen MR) is 107 cm³/mol. The number of rotatable bonds is 4. The van der Waals surface area contributed by atoms with Crippen LogP contribution in [0.25, 0.3) is 11.0 Å². The van der Waals surface area contributed by atoms with E-state index in [9.17, 15) is 9.59 Å². The zero-order valence-electron chi connectivity index (χ0n) is 15.8. The van der Waals surface area contributed by atoms with E-state index in [1.165, 1.54) is 6.92 Å². The first-order valence-corrected chi connectivity index (χ1v) is 9.05. The van der Waals surface area contributed by atoms with Crippen molar-refractivity contribution < 1.29 is 14.3 Å². The van der Waals surface area contributed by atoms with E-state index in [2.05, 4.69) is 9.97 Å². The van der Waals surface area contributed by atoms with Gasteiger partial charge in [-0.25, -0.2) is 9.97 Å². The Morgan fingerprint density at radius 2 is 1.61 bits per heavy atom. The van der Waals surface area contributed by atoms with Gasteiger partial charge in [-0.3, -0.25) is 14.5 Å². The molecular weight excluding hydrogens is 356 g/mol. The van der Waals surface area contributed by atoms with E-state index in [1.54, 1.807) is 29.2 Å². The van der Waals surface area contributed by atoms with Gasteiger partial charge in [-0.1, -0.05) is 12.1 Å². The quantitative estimate of drug-likeness (QED) is 0.652. The van der Waals surface area contributed by atoms with Crippen molar-refractivity contribution >= 4 is 34.4 Å². The van der Waals surface area contributed by atoms with Crippen LogP contribution in [-0.4, -0.2) is 48.4 Å². The minimum atomic E-state index is -0.186. The first kappa shape index (κ1) is 17.9. The highest BCUT2D eigenvalue weighted by atomic mass is 16.5. The summed E-state index contributed by atoms with van der Waals surface area (Å²) >= 11 is 0. The largest absolute Gasteiger partial charge is 0.484 e. The molecule has 2 heterocycles. The number of para-hydroxylation sites is 2. The van der Waals surface area contributed by atoms with Gasteiger partial charge in [-0.2, -0.15) is 0 Å². The molecule has 1 amide bonds. The Morgan fingerprint density at radius 1 is 0.964 bits per heavy atom. The summed E-state index contributed by atoms with van der Waals surface area (Å²) < 4.78 is 5.62. The Balaban J connectivity index is 1.54. The van der Waals surface area contributed by atoms with Crippen LogP contribution in [-0.2, 0) is 4.79 Å². The second-order valence-corrected chi connectivity index (χ2v) is 6.70. The van der Waals surface area contributed by atoms with Gasteiger partial charge < -0.3 is 9.64 Å². The number of likely N-dealkylation sites (N-methyl/N-ethyl adjacent to an activating group) is 1. The summed E-state index contributed by atoms with van der Waals surface area (Å²) in [5, 5.41) is 0. The number of hydrogen-bond acceptors (Lipinski definition) is 6. The second-order valence-electron chi connectivity index (χ2n) is 6.70. The van der Waals surface area contributed by atoms with E-state index in [0.29, 0.717) is 36.0 Å². The van der Waals surface area contributed by atoms with Crippen LogP contribution in [0.4, 0.5) is 11.6 Å². The molecule has 2 aromatic carbocycles. The van der Waals surface area contributed by atoms with E-state index in [-0.39, 0.29) is 18.3 Å². The molecule has 1 aliphatic rings. The van der Waals surface area contributed by atoms with E-state index < -0.39 is 0 Å². The molecule has 0 bridgehead atoms. The highest BCUT2D eigenvalue weighted by Gasteiger charge is 2.28. The van der Waals surface area contributed by atoms with Crippen molar-refractivity contribution in [2.75, 3.05) is 36.5 Å². The molecule has 0 N–H and O–H groups in total. The molecule has 0 fully saturated rings. The lowest BCUT2D eigenvalue weighted by molar-refractivity contribution is -0.120. The van der Waals surface area contributed by atoms with Gasteiger partial charge in [0.25, 0.3) is 5.91 Å². The van der Waals surface area contributed by atoms with Gasteiger partial charge in [-0.15, -0.1) is 0 Å². The summed E-state index contributed by atoms with van der Waals surface area (Å²) in [5.41, 5.74) is 2.15.